The van der Waals surface area contributed by atoms with Crippen LogP contribution in [0.4, 0.5) is 0 Å². The molecule has 0 unspecified atom stereocenters. The Balaban J connectivity index is 1.86. The first kappa shape index (κ1) is 19.0. The van der Waals surface area contributed by atoms with E-state index in [1.807, 2.05) is 0 Å². The minimum absolute atomic E-state index is 0.363. The van der Waals surface area contributed by atoms with Gasteiger partial charge < -0.3 is 0 Å². The van der Waals surface area contributed by atoms with Crippen LogP contribution in [0.15, 0.2) is 24.3 Å². The molecular weight excluding hydrogens is 497 g/mol. The van der Waals surface area contributed by atoms with Gasteiger partial charge >= 0.3 is 0 Å². The zero-order valence-electron chi connectivity index (χ0n) is 12.3. The second-order valence-electron chi connectivity index (χ2n) is 5.08. The van der Waals surface area contributed by atoms with Gasteiger partial charge in [0.2, 0.25) is 0 Å². The van der Waals surface area contributed by atoms with Crippen LogP contribution < -0.4 is 0 Å². The second kappa shape index (κ2) is 7.26. The number of aromatic nitrogens is 2. The molecule has 132 valence electrons. The first-order valence-corrected chi connectivity index (χ1v) is 10.8. The molecule has 0 N–H and O–H groups in total. The van der Waals surface area contributed by atoms with Crippen LogP contribution in [0.3, 0.4) is 0 Å². The van der Waals surface area contributed by atoms with Crippen molar-refractivity contribution in [1.29, 1.82) is 0 Å². The van der Waals surface area contributed by atoms with Crippen molar-refractivity contribution >= 4 is 102 Å². The Morgan fingerprint density at radius 3 is 1.27 bits per heavy atom. The largest absolute Gasteiger partial charge is 0.223 e. The minimum atomic E-state index is 0.363. The Labute approximate surface area is 186 Å². The highest BCUT2D eigenvalue weighted by molar-refractivity contribution is 7.29. The van der Waals surface area contributed by atoms with Crippen molar-refractivity contribution in [3.05, 3.63) is 54.4 Å². The number of hydrogen-bond donors (Lipinski definition) is 0. The summed E-state index contributed by atoms with van der Waals surface area (Å²) in [6.45, 7) is 0. The van der Waals surface area contributed by atoms with Crippen LogP contribution in [0.1, 0.15) is 0 Å². The van der Waals surface area contributed by atoms with E-state index in [9.17, 15) is 0 Å². The van der Waals surface area contributed by atoms with E-state index in [1.54, 1.807) is 24.3 Å². The number of halogens is 6. The molecule has 2 nitrogen and oxygen atoms in total. The second-order valence-corrected chi connectivity index (χ2v) is 9.42. The maximum Gasteiger partial charge on any atom is 0.155 e. The molecule has 0 aliphatic heterocycles. The topological polar surface area (TPSA) is 25.8 Å². The third kappa shape index (κ3) is 3.21. The SMILES string of the molecule is Clc1ccc(Cl)c(-c2nc3sc(-c4c(Cl)ccc(Cl)c4Cl)nc3s2)c1Cl. The molecule has 0 saturated carbocycles. The lowest BCUT2D eigenvalue weighted by atomic mass is 10.2. The first-order chi connectivity index (χ1) is 12.4. The van der Waals surface area contributed by atoms with Gasteiger partial charge in [-0.15, -0.1) is 0 Å². The van der Waals surface area contributed by atoms with Gasteiger partial charge in [-0.2, -0.15) is 0 Å². The van der Waals surface area contributed by atoms with Crippen LogP contribution in [0, 0.1) is 0 Å². The van der Waals surface area contributed by atoms with Crippen molar-refractivity contribution < 1.29 is 0 Å². The van der Waals surface area contributed by atoms with Gasteiger partial charge in [0.1, 0.15) is 10.0 Å². The summed E-state index contributed by atoms with van der Waals surface area (Å²) in [6, 6.07) is 6.66. The molecule has 26 heavy (non-hydrogen) atoms. The average Bonchev–Trinajstić information content (AvgIpc) is 3.14. The lowest BCUT2D eigenvalue weighted by molar-refractivity contribution is 1.48. The summed E-state index contributed by atoms with van der Waals surface area (Å²) < 4.78 is 0. The standard InChI is InChI=1S/C16H4Cl6N2S2/c17-5-1-3-7(19)11(21)9(5)13-23-15-16(25-13)24-14(26-15)10-6(18)2-4-8(20)12(10)22/h1-4H. The molecule has 2 heterocycles. The maximum absolute atomic E-state index is 6.30. The lowest BCUT2D eigenvalue weighted by Crippen LogP contribution is -1.82. The first-order valence-electron chi connectivity index (χ1n) is 6.92. The van der Waals surface area contributed by atoms with Crippen molar-refractivity contribution in [3.63, 3.8) is 0 Å². The van der Waals surface area contributed by atoms with Crippen LogP contribution in [0.2, 0.25) is 30.1 Å². The smallest absolute Gasteiger partial charge is 0.155 e. The summed E-state index contributed by atoms with van der Waals surface area (Å²) in [5.41, 5.74) is 1.19. The van der Waals surface area contributed by atoms with Gasteiger partial charge in [0, 0.05) is 11.1 Å². The van der Waals surface area contributed by atoms with Crippen molar-refractivity contribution in [2.75, 3.05) is 0 Å². The van der Waals surface area contributed by atoms with Crippen LogP contribution in [-0.4, -0.2) is 9.97 Å². The predicted octanol–water partition coefficient (Wildman–Crippen LogP) is 9.01. The van der Waals surface area contributed by atoms with Gasteiger partial charge in [0.15, 0.2) is 9.66 Å². The monoisotopic (exact) mass is 498 g/mol. The van der Waals surface area contributed by atoms with Crippen molar-refractivity contribution in [2.24, 2.45) is 0 Å². The molecule has 0 aliphatic carbocycles. The molecule has 0 aliphatic rings. The highest BCUT2D eigenvalue weighted by Crippen LogP contribution is 2.46. The van der Waals surface area contributed by atoms with Crippen LogP contribution >= 0.6 is 92.3 Å². The van der Waals surface area contributed by atoms with E-state index in [0.29, 0.717) is 51.3 Å². The summed E-state index contributed by atoms with van der Waals surface area (Å²) in [7, 11) is 0. The summed E-state index contributed by atoms with van der Waals surface area (Å²) in [5.74, 6) is 0. The zero-order chi connectivity index (χ0) is 18.6. The van der Waals surface area contributed by atoms with Crippen molar-refractivity contribution in [3.8, 4) is 21.1 Å². The molecule has 0 fully saturated rings. The number of hydrogen-bond acceptors (Lipinski definition) is 4. The molecule has 0 spiro atoms. The van der Waals surface area contributed by atoms with E-state index < -0.39 is 0 Å². The van der Waals surface area contributed by atoms with Crippen molar-refractivity contribution in [2.45, 2.75) is 0 Å². The molecule has 0 atom stereocenters. The van der Waals surface area contributed by atoms with Gasteiger partial charge in [-0.05, 0) is 24.3 Å². The molecule has 2 aromatic carbocycles. The lowest BCUT2D eigenvalue weighted by Gasteiger charge is -2.05. The molecule has 0 bridgehead atoms. The molecule has 0 saturated heterocycles. The molecule has 4 rings (SSSR count). The predicted molar refractivity (Wildman–Crippen MR) is 116 cm³/mol. The van der Waals surface area contributed by atoms with E-state index in [1.165, 1.54) is 22.7 Å². The number of nitrogens with zero attached hydrogens (tertiary/aromatic N) is 2. The number of rotatable bonds is 2. The zero-order valence-corrected chi connectivity index (χ0v) is 18.5. The summed E-state index contributed by atoms with van der Waals surface area (Å²) >= 11 is 40.1. The third-order valence-electron chi connectivity index (χ3n) is 3.49. The fraction of sp³-hybridized carbons (Fsp3) is 0. The van der Waals surface area contributed by atoms with Crippen molar-refractivity contribution in [1.82, 2.24) is 9.97 Å². The van der Waals surface area contributed by atoms with Gasteiger partial charge in [0.25, 0.3) is 0 Å². The van der Waals surface area contributed by atoms with E-state index in [0.717, 1.165) is 9.66 Å². The number of thiazole rings is 2. The summed E-state index contributed by atoms with van der Waals surface area (Å²) in [6.07, 6.45) is 0. The van der Waals surface area contributed by atoms with Gasteiger partial charge in [0.05, 0.1) is 30.1 Å². The summed E-state index contributed by atoms with van der Waals surface area (Å²) in [5, 5.41) is 3.79. The molecule has 10 heteroatoms. The van der Waals surface area contributed by atoms with Crippen LogP contribution in [-0.2, 0) is 0 Å². The van der Waals surface area contributed by atoms with Gasteiger partial charge in [-0.3, -0.25) is 0 Å². The van der Waals surface area contributed by atoms with Crippen LogP contribution in [0.5, 0.6) is 0 Å². The van der Waals surface area contributed by atoms with E-state index in [2.05, 4.69) is 9.97 Å². The minimum Gasteiger partial charge on any atom is -0.223 e. The summed E-state index contributed by atoms with van der Waals surface area (Å²) in [4.78, 5) is 10.6. The Hall–Kier alpha value is -0.300. The highest BCUT2D eigenvalue weighted by atomic mass is 35.5. The van der Waals surface area contributed by atoms with Gasteiger partial charge in [-0.25, -0.2) is 9.97 Å². The van der Waals surface area contributed by atoms with E-state index in [-0.39, 0.29) is 0 Å². The van der Waals surface area contributed by atoms with E-state index in [4.69, 9.17) is 69.6 Å². The Morgan fingerprint density at radius 2 is 0.885 bits per heavy atom. The average molecular weight is 501 g/mol. The number of fused-ring (bicyclic) bond motifs is 1. The molecule has 0 radical (unpaired) electrons. The Kier molecular flexibility index (Phi) is 5.32. The normalized spacial score (nSPS) is 11.5. The highest BCUT2D eigenvalue weighted by Gasteiger charge is 2.21. The fourth-order valence-corrected chi connectivity index (χ4v) is 6.11. The molecule has 0 amide bonds. The Bertz CT molecular complexity index is 1050. The maximum atomic E-state index is 6.30. The fourth-order valence-electron chi connectivity index (χ4n) is 2.30. The molecule has 4 aromatic rings. The third-order valence-corrected chi connectivity index (χ3v) is 7.79. The molecule has 2 aromatic heterocycles. The molecular formula is C16H4Cl6N2S2. The van der Waals surface area contributed by atoms with Gasteiger partial charge in [-0.1, -0.05) is 92.3 Å². The van der Waals surface area contributed by atoms with E-state index >= 15 is 0 Å². The quantitative estimate of drug-likeness (QED) is 0.256. The Morgan fingerprint density at radius 1 is 0.538 bits per heavy atom. The van der Waals surface area contributed by atoms with Crippen LogP contribution in [0.25, 0.3) is 30.8 Å². The number of benzene rings is 2.